The maximum Gasteiger partial charge on any atom is 0.419 e. The second kappa shape index (κ2) is 7.64. The van der Waals surface area contributed by atoms with E-state index in [9.17, 15) is 4.79 Å². The molecule has 2 aromatic carbocycles. The minimum atomic E-state index is -0.357. The molecule has 0 saturated carbocycles. The minimum Gasteiger partial charge on any atom is -0.408 e. The SMILES string of the molecule is CSC(=S)/C(=C(\SC)c1ccc2c(c1)oc(=O)n2C)c1ccccc1. The summed E-state index contributed by atoms with van der Waals surface area (Å²) in [6.07, 6.45) is 4.02. The maximum atomic E-state index is 11.8. The summed E-state index contributed by atoms with van der Waals surface area (Å²) >= 11 is 8.84. The zero-order chi connectivity index (χ0) is 18.0. The molecule has 0 aliphatic heterocycles. The summed E-state index contributed by atoms with van der Waals surface area (Å²) in [6, 6.07) is 16.0. The van der Waals surface area contributed by atoms with Crippen molar-refractivity contribution in [3.63, 3.8) is 0 Å². The normalized spacial score (nSPS) is 12.3. The third-order valence-electron chi connectivity index (χ3n) is 3.94. The summed E-state index contributed by atoms with van der Waals surface area (Å²) in [4.78, 5) is 12.8. The van der Waals surface area contributed by atoms with E-state index in [1.54, 1.807) is 30.6 Å². The van der Waals surface area contributed by atoms with Gasteiger partial charge in [0.05, 0.1) is 9.71 Å². The number of aryl methyl sites for hydroxylation is 1. The maximum absolute atomic E-state index is 11.8. The Labute approximate surface area is 160 Å². The van der Waals surface area contributed by atoms with Crippen molar-refractivity contribution in [1.82, 2.24) is 4.57 Å². The molecular formula is C19H17NO2S3. The van der Waals surface area contributed by atoms with Crippen LogP contribution in [0, 0.1) is 0 Å². The average molecular weight is 388 g/mol. The second-order valence-electron chi connectivity index (χ2n) is 5.38. The van der Waals surface area contributed by atoms with Gasteiger partial charge in [-0.05, 0) is 35.8 Å². The highest BCUT2D eigenvalue weighted by Gasteiger charge is 2.16. The Morgan fingerprint density at radius 2 is 1.76 bits per heavy atom. The molecule has 1 heterocycles. The van der Waals surface area contributed by atoms with E-state index in [2.05, 4.69) is 12.1 Å². The fraction of sp³-hybridized carbons (Fsp3) is 0.158. The predicted octanol–water partition coefficient (Wildman–Crippen LogP) is 5.05. The summed E-state index contributed by atoms with van der Waals surface area (Å²) in [5, 5.41) is 0. The van der Waals surface area contributed by atoms with E-state index >= 15 is 0 Å². The number of oxazole rings is 1. The number of benzene rings is 2. The van der Waals surface area contributed by atoms with Gasteiger partial charge in [-0.2, -0.15) is 0 Å². The molecular weight excluding hydrogens is 370 g/mol. The predicted molar refractivity (Wildman–Crippen MR) is 114 cm³/mol. The molecule has 0 fully saturated rings. The van der Waals surface area contributed by atoms with E-state index in [-0.39, 0.29) is 5.76 Å². The van der Waals surface area contributed by atoms with Crippen LogP contribution in [0.3, 0.4) is 0 Å². The first-order chi connectivity index (χ1) is 12.1. The van der Waals surface area contributed by atoms with Crippen molar-refractivity contribution in [3.8, 4) is 0 Å². The number of aromatic nitrogens is 1. The first kappa shape index (κ1) is 18.0. The third kappa shape index (κ3) is 3.47. The zero-order valence-corrected chi connectivity index (χ0v) is 16.6. The summed E-state index contributed by atoms with van der Waals surface area (Å²) in [6.45, 7) is 0. The Morgan fingerprint density at radius 3 is 2.40 bits per heavy atom. The Kier molecular flexibility index (Phi) is 5.51. The minimum absolute atomic E-state index is 0.357. The van der Waals surface area contributed by atoms with Gasteiger partial charge in [-0.25, -0.2) is 4.79 Å². The van der Waals surface area contributed by atoms with E-state index < -0.39 is 0 Å². The molecule has 0 bridgehead atoms. The van der Waals surface area contributed by atoms with Crippen molar-refractivity contribution < 1.29 is 4.42 Å². The lowest BCUT2D eigenvalue weighted by atomic mass is 10.0. The van der Waals surface area contributed by atoms with Crippen molar-refractivity contribution in [2.45, 2.75) is 0 Å². The molecule has 0 saturated heterocycles. The molecule has 0 N–H and O–H groups in total. The van der Waals surface area contributed by atoms with Crippen molar-refractivity contribution in [1.29, 1.82) is 0 Å². The third-order valence-corrected chi connectivity index (χ3v) is 6.06. The Bertz CT molecular complexity index is 1020. The van der Waals surface area contributed by atoms with Gasteiger partial charge in [0.15, 0.2) is 5.58 Å². The molecule has 0 aliphatic carbocycles. The number of nitrogens with zero attached hydrogens (tertiary/aromatic N) is 1. The standard InChI is InChI=1S/C19H17NO2S3/c1-20-14-10-9-13(11-15(14)22-19(20)21)17(24-2)16(18(23)25-3)12-7-5-4-6-8-12/h4-11H,1-3H3/b17-16-. The Hall–Kier alpha value is -1.76. The first-order valence-electron chi connectivity index (χ1n) is 7.58. The zero-order valence-electron chi connectivity index (χ0n) is 14.1. The second-order valence-corrected chi connectivity index (χ2v) is 7.68. The lowest BCUT2D eigenvalue weighted by Gasteiger charge is -2.15. The monoisotopic (exact) mass is 387 g/mol. The van der Waals surface area contributed by atoms with E-state index in [4.69, 9.17) is 16.6 Å². The van der Waals surface area contributed by atoms with E-state index in [1.165, 1.54) is 4.57 Å². The molecule has 0 radical (unpaired) electrons. The largest absolute Gasteiger partial charge is 0.419 e. The summed E-state index contributed by atoms with van der Waals surface area (Å²) in [5.74, 6) is -0.357. The molecule has 0 spiro atoms. The van der Waals surface area contributed by atoms with E-state index in [0.29, 0.717) is 5.58 Å². The highest BCUT2D eigenvalue weighted by molar-refractivity contribution is 8.24. The van der Waals surface area contributed by atoms with Crippen molar-refractivity contribution in [3.05, 3.63) is 70.2 Å². The van der Waals surface area contributed by atoms with Crippen LogP contribution in [0.25, 0.3) is 21.6 Å². The van der Waals surface area contributed by atoms with Crippen LogP contribution in [0.5, 0.6) is 0 Å². The van der Waals surface area contributed by atoms with Crippen molar-refractivity contribution in [2.75, 3.05) is 12.5 Å². The Balaban J connectivity index is 2.26. The number of thiocarbonyl (C=S) groups is 1. The molecule has 0 unspecified atom stereocenters. The van der Waals surface area contributed by atoms with Gasteiger partial charge in [0, 0.05) is 17.5 Å². The highest BCUT2D eigenvalue weighted by Crippen LogP contribution is 2.37. The molecule has 0 amide bonds. The molecule has 0 atom stereocenters. The lowest BCUT2D eigenvalue weighted by Crippen LogP contribution is -2.08. The molecule has 3 aromatic rings. The van der Waals surface area contributed by atoms with Crippen molar-refractivity contribution >= 4 is 61.5 Å². The summed E-state index contributed by atoms with van der Waals surface area (Å²) < 4.78 is 7.69. The Morgan fingerprint density at radius 1 is 1.04 bits per heavy atom. The molecule has 3 nitrogen and oxygen atoms in total. The molecule has 128 valence electrons. The van der Waals surface area contributed by atoms with Crippen molar-refractivity contribution in [2.24, 2.45) is 7.05 Å². The summed E-state index contributed by atoms with van der Waals surface area (Å²) in [5.41, 5.74) is 4.47. The molecule has 3 rings (SSSR count). The van der Waals surface area contributed by atoms with Gasteiger partial charge < -0.3 is 4.42 Å². The molecule has 0 aliphatic rings. The molecule has 6 heteroatoms. The number of thioether (sulfide) groups is 2. The van der Waals surface area contributed by atoms with Gasteiger partial charge in [-0.3, -0.25) is 4.57 Å². The molecule has 25 heavy (non-hydrogen) atoms. The van der Waals surface area contributed by atoms with Crippen LogP contribution < -0.4 is 5.76 Å². The van der Waals surface area contributed by atoms with Crippen LogP contribution in [0.2, 0.25) is 0 Å². The van der Waals surface area contributed by atoms with Crippen LogP contribution in [0.1, 0.15) is 11.1 Å². The van der Waals surface area contributed by atoms with Crippen LogP contribution >= 0.6 is 35.7 Å². The van der Waals surface area contributed by atoms with Gasteiger partial charge >= 0.3 is 5.76 Å². The van der Waals surface area contributed by atoms with Crippen LogP contribution in [-0.2, 0) is 7.05 Å². The lowest BCUT2D eigenvalue weighted by molar-refractivity contribution is 0.528. The topological polar surface area (TPSA) is 35.1 Å². The number of fused-ring (bicyclic) bond motifs is 1. The van der Waals surface area contributed by atoms with Gasteiger partial charge in [0.25, 0.3) is 0 Å². The highest BCUT2D eigenvalue weighted by atomic mass is 32.2. The fourth-order valence-electron chi connectivity index (χ4n) is 2.69. The number of hydrogen-bond donors (Lipinski definition) is 0. The van der Waals surface area contributed by atoms with Gasteiger partial charge in [0.2, 0.25) is 0 Å². The van der Waals surface area contributed by atoms with Crippen LogP contribution in [0.4, 0.5) is 0 Å². The van der Waals surface area contributed by atoms with Crippen LogP contribution in [0.15, 0.2) is 57.7 Å². The first-order valence-corrected chi connectivity index (χ1v) is 10.4. The van der Waals surface area contributed by atoms with Gasteiger partial charge in [-0.1, -0.05) is 48.6 Å². The average Bonchev–Trinajstić information content (AvgIpc) is 2.93. The van der Waals surface area contributed by atoms with E-state index in [1.807, 2.05) is 48.9 Å². The van der Waals surface area contributed by atoms with Gasteiger partial charge in [-0.15, -0.1) is 23.5 Å². The van der Waals surface area contributed by atoms with Crippen LogP contribution in [-0.4, -0.2) is 21.3 Å². The van der Waals surface area contributed by atoms with Gasteiger partial charge in [0.1, 0.15) is 0 Å². The fourth-order valence-corrected chi connectivity index (χ4v) is 4.25. The summed E-state index contributed by atoms with van der Waals surface area (Å²) in [7, 11) is 1.71. The number of hydrogen-bond acceptors (Lipinski definition) is 5. The quantitative estimate of drug-likeness (QED) is 0.355. The van der Waals surface area contributed by atoms with E-state index in [0.717, 1.165) is 31.3 Å². The smallest absolute Gasteiger partial charge is 0.408 e. The number of rotatable bonds is 4. The molecule has 1 aromatic heterocycles.